The van der Waals surface area contributed by atoms with E-state index in [9.17, 15) is 4.79 Å². The maximum Gasteiger partial charge on any atom is 0.251 e. The van der Waals surface area contributed by atoms with Crippen LogP contribution in [-0.2, 0) is 6.54 Å². The Bertz CT molecular complexity index is 1880. The molecule has 0 bridgehead atoms. The number of methoxy groups -OCH3 is 1. The molecule has 2 saturated heterocycles. The summed E-state index contributed by atoms with van der Waals surface area (Å²) in [6, 6.07) is 28.5. The average Bonchev–Trinajstić information content (AvgIpc) is 3.51. The molecule has 4 heterocycles. The molecule has 0 radical (unpaired) electrons. The quantitative estimate of drug-likeness (QED) is 0.224. The normalized spacial score (nSPS) is 22.0. The van der Waals surface area contributed by atoms with Gasteiger partial charge in [-0.2, -0.15) is 0 Å². The maximum atomic E-state index is 16.2. The fourth-order valence-electron chi connectivity index (χ4n) is 8.86. The van der Waals surface area contributed by atoms with Gasteiger partial charge in [0.1, 0.15) is 22.9 Å². The molecule has 0 saturated carbocycles. The van der Waals surface area contributed by atoms with Crippen LogP contribution in [-0.4, -0.2) is 69.3 Å². The molecule has 2 atom stereocenters. The molecule has 0 aliphatic carbocycles. The second kappa shape index (κ2) is 13.3. The van der Waals surface area contributed by atoms with Gasteiger partial charge in [-0.15, -0.1) is 0 Å². The molecule has 2 fully saturated rings. The lowest BCUT2D eigenvalue weighted by Crippen LogP contribution is -2.49. The summed E-state index contributed by atoms with van der Waals surface area (Å²) in [5, 5.41) is 2.92. The number of anilines is 2. The van der Waals surface area contributed by atoms with E-state index in [-0.39, 0.29) is 23.6 Å². The van der Waals surface area contributed by atoms with Crippen molar-refractivity contribution in [3.63, 3.8) is 0 Å². The van der Waals surface area contributed by atoms with E-state index >= 15 is 4.39 Å². The monoisotopic (exact) mass is 674 g/mol. The number of carbonyl (C=O) groups is 1. The van der Waals surface area contributed by atoms with Crippen molar-refractivity contribution in [1.29, 1.82) is 0 Å². The van der Waals surface area contributed by atoms with Crippen molar-refractivity contribution < 1.29 is 18.7 Å². The predicted molar refractivity (Wildman–Crippen MR) is 196 cm³/mol. The molecular formula is C42H47FN4O3. The third-order valence-corrected chi connectivity index (χ3v) is 11.5. The van der Waals surface area contributed by atoms with Crippen LogP contribution in [0.15, 0.2) is 84.9 Å². The largest absolute Gasteiger partial charge is 0.497 e. The molecule has 7 nitrogen and oxygen atoms in total. The van der Waals surface area contributed by atoms with Crippen LogP contribution in [0.2, 0.25) is 0 Å². The first-order chi connectivity index (χ1) is 24.3. The Morgan fingerprint density at radius 1 is 0.860 bits per heavy atom. The summed E-state index contributed by atoms with van der Waals surface area (Å²) in [5.41, 5.74) is 6.43. The van der Waals surface area contributed by atoms with Gasteiger partial charge in [-0.3, -0.25) is 9.69 Å². The van der Waals surface area contributed by atoms with Crippen LogP contribution in [0.25, 0.3) is 0 Å². The van der Waals surface area contributed by atoms with Gasteiger partial charge in [0.15, 0.2) is 0 Å². The molecule has 260 valence electrons. The maximum absolute atomic E-state index is 16.2. The van der Waals surface area contributed by atoms with Gasteiger partial charge < -0.3 is 24.6 Å². The molecule has 1 amide bonds. The predicted octanol–water partition coefficient (Wildman–Crippen LogP) is 7.20. The minimum atomic E-state index is -0.532. The number of halogens is 1. The molecule has 4 aromatic rings. The summed E-state index contributed by atoms with van der Waals surface area (Å²) in [4.78, 5) is 19.2. The molecule has 2 unspecified atom stereocenters. The zero-order valence-corrected chi connectivity index (χ0v) is 29.3. The van der Waals surface area contributed by atoms with Crippen LogP contribution in [0.3, 0.4) is 0 Å². The Morgan fingerprint density at radius 3 is 2.44 bits per heavy atom. The van der Waals surface area contributed by atoms with Crippen LogP contribution in [0.4, 0.5) is 15.8 Å². The van der Waals surface area contributed by atoms with Crippen LogP contribution < -0.4 is 24.6 Å². The van der Waals surface area contributed by atoms with Crippen molar-refractivity contribution in [1.82, 2.24) is 10.2 Å². The van der Waals surface area contributed by atoms with E-state index in [1.165, 1.54) is 5.69 Å². The molecule has 4 aromatic carbocycles. The Hall–Kier alpha value is -4.56. The standard InChI is InChI=1S/C42H47FN4O3/c1-42(2)40(30-7-6-8-33(24-30)49-3)39(35-9-4-5-10-38(35)50-42)29-11-14-37(36(43)25-29)47-17-15-28(16-18-47)27-45-19-21-46(22-20-45)32-12-13-34-31(23-32)26-44-41(34)48/h4-14,23-25,28,39-40H,15-22,26-27H2,1-3H3,(H,44,48). The van der Waals surface area contributed by atoms with E-state index < -0.39 is 5.60 Å². The van der Waals surface area contributed by atoms with Gasteiger partial charge in [-0.25, -0.2) is 4.39 Å². The minimum absolute atomic E-state index is 0.0334. The smallest absolute Gasteiger partial charge is 0.251 e. The van der Waals surface area contributed by atoms with Crippen LogP contribution in [0, 0.1) is 11.7 Å². The first-order valence-corrected chi connectivity index (χ1v) is 18.1. The highest BCUT2D eigenvalue weighted by molar-refractivity contribution is 5.98. The van der Waals surface area contributed by atoms with Gasteiger partial charge in [0.05, 0.1) is 12.8 Å². The highest BCUT2D eigenvalue weighted by Gasteiger charge is 2.45. The van der Waals surface area contributed by atoms with E-state index in [2.05, 4.69) is 70.3 Å². The van der Waals surface area contributed by atoms with Crippen LogP contribution in [0.1, 0.15) is 71.1 Å². The zero-order valence-electron chi connectivity index (χ0n) is 29.3. The van der Waals surface area contributed by atoms with Crippen molar-refractivity contribution in [2.75, 3.05) is 62.7 Å². The topological polar surface area (TPSA) is 57.3 Å². The molecule has 4 aliphatic rings. The highest BCUT2D eigenvalue weighted by Crippen LogP contribution is 2.53. The molecule has 4 aliphatic heterocycles. The fourth-order valence-corrected chi connectivity index (χ4v) is 8.86. The number of piperazine rings is 1. The average molecular weight is 675 g/mol. The molecule has 8 rings (SSSR count). The van der Waals surface area contributed by atoms with Crippen molar-refractivity contribution in [3.8, 4) is 11.5 Å². The lowest BCUT2D eigenvalue weighted by molar-refractivity contribution is 0.0530. The number of nitrogens with zero attached hydrogens (tertiary/aromatic N) is 3. The molecule has 50 heavy (non-hydrogen) atoms. The summed E-state index contributed by atoms with van der Waals surface area (Å²) in [6.07, 6.45) is 2.12. The second-order valence-electron chi connectivity index (χ2n) is 14.9. The van der Waals surface area contributed by atoms with Gasteiger partial charge in [0.2, 0.25) is 0 Å². The third kappa shape index (κ3) is 6.19. The van der Waals surface area contributed by atoms with Crippen molar-refractivity contribution in [2.24, 2.45) is 5.92 Å². The number of hydrogen-bond donors (Lipinski definition) is 1. The zero-order chi connectivity index (χ0) is 34.4. The van der Waals surface area contributed by atoms with Crippen molar-refractivity contribution in [2.45, 2.75) is 50.7 Å². The van der Waals surface area contributed by atoms with Crippen LogP contribution >= 0.6 is 0 Å². The first kappa shape index (κ1) is 32.6. The van der Waals surface area contributed by atoms with Gasteiger partial charge in [0, 0.05) is 81.0 Å². The Morgan fingerprint density at radius 2 is 1.66 bits per heavy atom. The molecule has 8 heteroatoms. The number of hydrogen-bond acceptors (Lipinski definition) is 6. The number of para-hydroxylation sites is 1. The number of rotatable bonds is 7. The van der Waals surface area contributed by atoms with Crippen molar-refractivity contribution in [3.05, 3.63) is 119 Å². The summed E-state index contributed by atoms with van der Waals surface area (Å²) in [7, 11) is 1.69. The van der Waals surface area contributed by atoms with Crippen molar-refractivity contribution >= 4 is 17.3 Å². The van der Waals surface area contributed by atoms with E-state index in [4.69, 9.17) is 9.47 Å². The SMILES string of the molecule is COc1cccc(C2C(c3ccc(N4CCC(CN5CCN(c6ccc7c(c6)CNC7=O)CC5)CC4)c(F)c3)c3ccccc3OC2(C)C)c1. The third-order valence-electron chi connectivity index (χ3n) is 11.5. The Kier molecular flexibility index (Phi) is 8.67. The molecule has 0 aromatic heterocycles. The number of ether oxygens (including phenoxy) is 2. The van der Waals surface area contributed by atoms with E-state index in [1.54, 1.807) is 13.2 Å². The number of amides is 1. The Labute approximate surface area is 295 Å². The van der Waals surface area contributed by atoms with Gasteiger partial charge in [0.25, 0.3) is 5.91 Å². The van der Waals surface area contributed by atoms with Gasteiger partial charge in [-0.1, -0.05) is 36.4 Å². The van der Waals surface area contributed by atoms with E-state index in [1.807, 2.05) is 42.5 Å². The minimum Gasteiger partial charge on any atom is -0.497 e. The first-order valence-electron chi connectivity index (χ1n) is 18.1. The highest BCUT2D eigenvalue weighted by atomic mass is 19.1. The van der Waals surface area contributed by atoms with E-state index in [0.29, 0.717) is 18.2 Å². The number of nitrogens with one attached hydrogen (secondary N) is 1. The molecular weight excluding hydrogens is 627 g/mol. The summed E-state index contributed by atoms with van der Waals surface area (Å²) < 4.78 is 28.4. The number of carbonyl (C=O) groups excluding carboxylic acids is 1. The second-order valence-corrected chi connectivity index (χ2v) is 14.9. The number of benzene rings is 4. The van der Waals surface area contributed by atoms with E-state index in [0.717, 1.165) is 98.0 Å². The van der Waals surface area contributed by atoms with Gasteiger partial charge in [-0.05, 0) is 97.8 Å². The fraction of sp³-hybridized carbons (Fsp3) is 0.405. The Balaban J connectivity index is 0.928. The van der Waals surface area contributed by atoms with Crippen LogP contribution in [0.5, 0.6) is 11.5 Å². The summed E-state index contributed by atoms with van der Waals surface area (Å²) >= 11 is 0. The summed E-state index contributed by atoms with van der Waals surface area (Å²) in [5.74, 6) is 2.01. The lowest BCUT2D eigenvalue weighted by atomic mass is 9.68. The molecule has 0 spiro atoms. The summed E-state index contributed by atoms with van der Waals surface area (Å²) in [6.45, 7) is 11.8. The number of piperidine rings is 1. The number of fused-ring (bicyclic) bond motifs is 2. The molecule has 1 N–H and O–H groups in total. The van der Waals surface area contributed by atoms with Gasteiger partial charge >= 0.3 is 0 Å². The lowest BCUT2D eigenvalue weighted by Gasteiger charge is -2.46.